The van der Waals surface area contributed by atoms with Crippen LogP contribution in [0.15, 0.2) is 30.3 Å². The highest BCUT2D eigenvalue weighted by atomic mass is 16.5. The van der Waals surface area contributed by atoms with Crippen LogP contribution < -0.4 is 0 Å². The predicted molar refractivity (Wildman–Crippen MR) is 46.7 cm³/mol. The van der Waals surface area contributed by atoms with Gasteiger partial charge >= 0.3 is 5.97 Å². The average Bonchev–Trinajstić information content (AvgIpc) is 2.19. The topological polar surface area (TPSA) is 46.2 Å². The van der Waals surface area contributed by atoms with Crippen LogP contribution in [0.2, 0.25) is 0 Å². The zero-order chi connectivity index (χ0) is 9.52. The second-order valence-corrected chi connectivity index (χ2v) is 2.60. The number of hydrogen-bond acceptors (Lipinski definition) is 2. The molecule has 0 atom stereocenters. The van der Waals surface area contributed by atoms with E-state index in [1.54, 1.807) is 0 Å². The van der Waals surface area contributed by atoms with Gasteiger partial charge in [-0.3, -0.25) is 0 Å². The van der Waals surface area contributed by atoms with E-state index >= 15 is 0 Å². The van der Waals surface area contributed by atoms with Crippen molar-refractivity contribution in [2.45, 2.75) is 6.42 Å². The molecule has 0 heterocycles. The maximum absolute atomic E-state index is 10.5. The molecule has 0 spiro atoms. The normalized spacial score (nSPS) is 9.62. The summed E-state index contributed by atoms with van der Waals surface area (Å²) in [5.74, 6) is -0.684. The smallest absolute Gasteiger partial charge is 0.335 e. The average molecular weight is 179 g/mol. The van der Waals surface area contributed by atoms with Gasteiger partial charge in [-0.05, 0) is 5.56 Å². The standard InChI is InChI=1S/C10H11O3/c11-8-10(12)13-7-6-9-4-2-1-3-5-9/h1-5H,6-8H2. The van der Waals surface area contributed by atoms with Crippen LogP contribution in [-0.2, 0) is 21.1 Å². The molecule has 0 aromatic heterocycles. The number of carbonyl (C=O) groups is 1. The quantitative estimate of drug-likeness (QED) is 0.652. The molecule has 0 unspecified atom stereocenters. The first-order valence-corrected chi connectivity index (χ1v) is 4.10. The molecule has 0 fully saturated rings. The summed E-state index contributed by atoms with van der Waals surface area (Å²) in [5.41, 5.74) is 1.10. The maximum Gasteiger partial charge on any atom is 0.335 e. The molecule has 1 aromatic rings. The van der Waals surface area contributed by atoms with Crippen molar-refractivity contribution in [1.82, 2.24) is 0 Å². The van der Waals surface area contributed by atoms with E-state index in [0.29, 0.717) is 6.42 Å². The molecule has 0 aliphatic carbocycles. The zero-order valence-electron chi connectivity index (χ0n) is 7.23. The van der Waals surface area contributed by atoms with Crippen LogP contribution in [0, 0.1) is 0 Å². The number of hydrogen-bond donors (Lipinski definition) is 0. The molecule has 0 saturated carbocycles. The van der Waals surface area contributed by atoms with Gasteiger partial charge < -0.3 is 4.74 Å². The third-order valence-corrected chi connectivity index (χ3v) is 1.61. The second-order valence-electron chi connectivity index (χ2n) is 2.60. The molecular weight excluding hydrogens is 168 g/mol. The summed E-state index contributed by atoms with van der Waals surface area (Å²) in [6, 6.07) is 9.67. The minimum absolute atomic E-state index is 0.283. The van der Waals surface area contributed by atoms with Crippen LogP contribution >= 0.6 is 0 Å². The van der Waals surface area contributed by atoms with Crippen LogP contribution in [-0.4, -0.2) is 19.2 Å². The van der Waals surface area contributed by atoms with E-state index in [2.05, 4.69) is 4.74 Å². The molecule has 0 aliphatic rings. The van der Waals surface area contributed by atoms with Crippen LogP contribution in [0.25, 0.3) is 0 Å². The Morgan fingerprint density at radius 2 is 1.92 bits per heavy atom. The van der Waals surface area contributed by atoms with Crippen molar-refractivity contribution in [3.05, 3.63) is 35.9 Å². The first-order chi connectivity index (χ1) is 6.33. The lowest BCUT2D eigenvalue weighted by atomic mass is 10.2. The lowest BCUT2D eigenvalue weighted by Gasteiger charge is -2.01. The van der Waals surface area contributed by atoms with Crippen molar-refractivity contribution < 1.29 is 14.6 Å². The number of carbonyl (C=O) groups excluding carboxylic acids is 1. The summed E-state index contributed by atoms with van der Waals surface area (Å²) in [5, 5.41) is 10.00. The molecule has 1 rings (SSSR count). The van der Waals surface area contributed by atoms with Gasteiger partial charge in [0.1, 0.15) is 0 Å². The van der Waals surface area contributed by atoms with E-state index in [4.69, 9.17) is 0 Å². The van der Waals surface area contributed by atoms with Crippen LogP contribution in [0.3, 0.4) is 0 Å². The van der Waals surface area contributed by atoms with Gasteiger partial charge in [0.25, 0.3) is 0 Å². The molecule has 0 amide bonds. The van der Waals surface area contributed by atoms with Gasteiger partial charge in [0.05, 0.1) is 6.61 Å². The first kappa shape index (κ1) is 9.74. The predicted octanol–water partition coefficient (Wildman–Crippen LogP) is 1.20. The second kappa shape index (κ2) is 5.32. The van der Waals surface area contributed by atoms with Crippen molar-refractivity contribution in [3.8, 4) is 0 Å². The Balaban J connectivity index is 2.24. The Morgan fingerprint density at radius 3 is 2.54 bits per heavy atom. The van der Waals surface area contributed by atoms with Gasteiger partial charge in [-0.2, -0.15) is 0 Å². The van der Waals surface area contributed by atoms with Gasteiger partial charge in [-0.25, -0.2) is 9.90 Å². The summed E-state index contributed by atoms with van der Waals surface area (Å²) in [7, 11) is 0. The van der Waals surface area contributed by atoms with Crippen LogP contribution in [0.5, 0.6) is 0 Å². The minimum Gasteiger partial charge on any atom is -0.464 e. The van der Waals surface area contributed by atoms with E-state index in [1.165, 1.54) is 0 Å². The van der Waals surface area contributed by atoms with Gasteiger partial charge in [0, 0.05) is 6.42 Å². The van der Waals surface area contributed by atoms with Gasteiger partial charge in [-0.15, -0.1) is 0 Å². The molecule has 1 aromatic carbocycles. The minimum atomic E-state index is -0.797. The van der Waals surface area contributed by atoms with E-state index in [0.717, 1.165) is 5.56 Å². The van der Waals surface area contributed by atoms with E-state index < -0.39 is 12.6 Å². The zero-order valence-corrected chi connectivity index (χ0v) is 7.23. The molecule has 1 radical (unpaired) electrons. The molecule has 0 aliphatic heterocycles. The number of benzene rings is 1. The summed E-state index contributed by atoms with van der Waals surface area (Å²) >= 11 is 0. The van der Waals surface area contributed by atoms with Crippen molar-refractivity contribution in [3.63, 3.8) is 0 Å². The first-order valence-electron chi connectivity index (χ1n) is 4.10. The molecule has 3 nitrogen and oxygen atoms in total. The molecule has 0 N–H and O–H groups in total. The number of ether oxygens (including phenoxy) is 1. The summed E-state index contributed by atoms with van der Waals surface area (Å²) in [6.07, 6.45) is 0.659. The van der Waals surface area contributed by atoms with Crippen molar-refractivity contribution in [1.29, 1.82) is 0 Å². The highest BCUT2D eigenvalue weighted by molar-refractivity contribution is 5.70. The number of rotatable bonds is 4. The lowest BCUT2D eigenvalue weighted by Crippen LogP contribution is -2.10. The fourth-order valence-electron chi connectivity index (χ4n) is 0.969. The monoisotopic (exact) mass is 179 g/mol. The Labute approximate surface area is 77.0 Å². The Kier molecular flexibility index (Phi) is 3.99. The SMILES string of the molecule is [O]CC(=O)OCCc1ccccc1. The highest BCUT2D eigenvalue weighted by Gasteiger charge is 1.99. The highest BCUT2D eigenvalue weighted by Crippen LogP contribution is 1.99. The lowest BCUT2D eigenvalue weighted by molar-refractivity contribution is -0.148. The van der Waals surface area contributed by atoms with Crippen LogP contribution in [0.4, 0.5) is 0 Å². The fraction of sp³-hybridized carbons (Fsp3) is 0.300. The molecule has 69 valence electrons. The Hall–Kier alpha value is -1.35. The van der Waals surface area contributed by atoms with E-state index in [-0.39, 0.29) is 6.61 Å². The molecule has 13 heavy (non-hydrogen) atoms. The largest absolute Gasteiger partial charge is 0.464 e. The van der Waals surface area contributed by atoms with Crippen molar-refractivity contribution in [2.24, 2.45) is 0 Å². The van der Waals surface area contributed by atoms with E-state index in [1.807, 2.05) is 30.3 Å². The van der Waals surface area contributed by atoms with Crippen molar-refractivity contribution >= 4 is 5.97 Å². The van der Waals surface area contributed by atoms with Gasteiger partial charge in [-0.1, -0.05) is 30.3 Å². The Morgan fingerprint density at radius 1 is 1.23 bits per heavy atom. The van der Waals surface area contributed by atoms with Gasteiger partial charge in [0.15, 0.2) is 6.61 Å². The maximum atomic E-state index is 10.5. The number of esters is 1. The van der Waals surface area contributed by atoms with Crippen LogP contribution in [0.1, 0.15) is 5.56 Å². The fourth-order valence-corrected chi connectivity index (χ4v) is 0.969. The summed E-state index contributed by atoms with van der Waals surface area (Å²) in [6.45, 7) is -0.514. The Bertz CT molecular complexity index is 256. The summed E-state index contributed by atoms with van der Waals surface area (Å²) < 4.78 is 4.64. The molecule has 3 heteroatoms. The molecule has 0 bridgehead atoms. The third-order valence-electron chi connectivity index (χ3n) is 1.61. The molecule has 0 saturated heterocycles. The summed E-state index contributed by atoms with van der Waals surface area (Å²) in [4.78, 5) is 10.5. The van der Waals surface area contributed by atoms with Crippen molar-refractivity contribution in [2.75, 3.05) is 13.2 Å². The third kappa shape index (κ3) is 3.71. The molecular formula is C10H11O3. The van der Waals surface area contributed by atoms with Gasteiger partial charge in [0.2, 0.25) is 0 Å². The van der Waals surface area contributed by atoms with E-state index in [9.17, 15) is 9.90 Å².